The molecule has 0 spiro atoms. The van der Waals surface area contributed by atoms with E-state index in [1.165, 1.54) is 5.56 Å². The summed E-state index contributed by atoms with van der Waals surface area (Å²) in [5.74, 6) is -0.0967. The normalized spacial score (nSPS) is 10.1. The maximum absolute atomic E-state index is 12.0. The molecule has 2 aromatic carbocycles. The summed E-state index contributed by atoms with van der Waals surface area (Å²) in [5, 5.41) is 2.88. The molecule has 0 aliphatic rings. The Morgan fingerprint density at radius 1 is 1.17 bits per heavy atom. The van der Waals surface area contributed by atoms with Crippen molar-refractivity contribution in [1.82, 2.24) is 0 Å². The summed E-state index contributed by atoms with van der Waals surface area (Å²) in [6.07, 6.45) is 1.000. The van der Waals surface area contributed by atoms with E-state index in [4.69, 9.17) is 0 Å². The van der Waals surface area contributed by atoms with E-state index in [-0.39, 0.29) is 5.91 Å². The smallest absolute Gasteiger partial charge is 0.255 e. The van der Waals surface area contributed by atoms with Gasteiger partial charge in [-0.1, -0.05) is 41.1 Å². The molecule has 1 N–H and O–H groups in total. The first-order chi connectivity index (χ1) is 8.69. The van der Waals surface area contributed by atoms with Gasteiger partial charge in [0.1, 0.15) is 0 Å². The molecule has 0 radical (unpaired) electrons. The van der Waals surface area contributed by atoms with Crippen molar-refractivity contribution in [2.24, 2.45) is 0 Å². The summed E-state index contributed by atoms with van der Waals surface area (Å²) in [6.45, 7) is 2.11. The van der Waals surface area contributed by atoms with Crippen molar-refractivity contribution in [2.45, 2.75) is 13.3 Å². The fraction of sp³-hybridized carbons (Fsp3) is 0.133. The van der Waals surface area contributed by atoms with Crippen LogP contribution in [0.25, 0.3) is 0 Å². The van der Waals surface area contributed by atoms with Crippen LogP contribution in [0.1, 0.15) is 22.8 Å². The topological polar surface area (TPSA) is 29.1 Å². The molecular formula is C15H14BrNO. The molecule has 0 aliphatic heterocycles. The number of benzene rings is 2. The number of aryl methyl sites for hydroxylation is 1. The number of halogens is 1. The van der Waals surface area contributed by atoms with Crippen LogP contribution in [0.15, 0.2) is 53.0 Å². The molecule has 0 atom stereocenters. The number of hydrogen-bond acceptors (Lipinski definition) is 1. The van der Waals surface area contributed by atoms with E-state index >= 15 is 0 Å². The summed E-state index contributed by atoms with van der Waals surface area (Å²) in [4.78, 5) is 12.0. The SMILES string of the molecule is CCc1ccc(NC(=O)c2cccc(Br)c2)cc1. The molecule has 2 rings (SSSR count). The van der Waals surface area contributed by atoms with Gasteiger partial charge in [-0.05, 0) is 42.3 Å². The Balaban J connectivity index is 2.11. The lowest BCUT2D eigenvalue weighted by Crippen LogP contribution is -2.11. The van der Waals surface area contributed by atoms with Crippen LogP contribution in [-0.4, -0.2) is 5.91 Å². The molecule has 0 heterocycles. The molecule has 0 saturated heterocycles. The number of carbonyl (C=O) groups is 1. The molecule has 2 aromatic rings. The van der Waals surface area contributed by atoms with Crippen LogP contribution >= 0.6 is 15.9 Å². The van der Waals surface area contributed by atoms with E-state index in [0.29, 0.717) is 5.56 Å². The van der Waals surface area contributed by atoms with Gasteiger partial charge in [0, 0.05) is 15.7 Å². The van der Waals surface area contributed by atoms with Crippen LogP contribution < -0.4 is 5.32 Å². The van der Waals surface area contributed by atoms with Gasteiger partial charge in [0.05, 0.1) is 0 Å². The quantitative estimate of drug-likeness (QED) is 0.901. The zero-order chi connectivity index (χ0) is 13.0. The molecule has 0 saturated carbocycles. The molecule has 0 fully saturated rings. The van der Waals surface area contributed by atoms with Crippen LogP contribution in [-0.2, 0) is 6.42 Å². The number of amides is 1. The van der Waals surface area contributed by atoms with Gasteiger partial charge in [0.15, 0.2) is 0 Å². The maximum Gasteiger partial charge on any atom is 0.255 e. The first-order valence-corrected chi connectivity index (χ1v) is 6.64. The van der Waals surface area contributed by atoms with E-state index in [9.17, 15) is 4.79 Å². The van der Waals surface area contributed by atoms with Crippen molar-refractivity contribution >= 4 is 27.5 Å². The fourth-order valence-electron chi connectivity index (χ4n) is 1.66. The van der Waals surface area contributed by atoms with Crippen LogP contribution in [0.2, 0.25) is 0 Å². The van der Waals surface area contributed by atoms with E-state index in [1.807, 2.05) is 36.4 Å². The standard InChI is InChI=1S/C15H14BrNO/c1-2-11-6-8-14(9-7-11)17-15(18)12-4-3-5-13(16)10-12/h3-10H,2H2,1H3,(H,17,18). The molecule has 2 nitrogen and oxygen atoms in total. The highest BCUT2D eigenvalue weighted by Crippen LogP contribution is 2.15. The highest BCUT2D eigenvalue weighted by atomic mass is 79.9. The Kier molecular flexibility index (Phi) is 4.15. The van der Waals surface area contributed by atoms with Crippen molar-refractivity contribution in [2.75, 3.05) is 5.32 Å². The molecule has 0 aliphatic carbocycles. The second kappa shape index (κ2) is 5.83. The average Bonchev–Trinajstić information content (AvgIpc) is 2.39. The minimum absolute atomic E-state index is 0.0967. The van der Waals surface area contributed by atoms with Gasteiger partial charge in [-0.3, -0.25) is 4.79 Å². The van der Waals surface area contributed by atoms with Crippen molar-refractivity contribution in [3.05, 3.63) is 64.1 Å². The average molecular weight is 304 g/mol. The fourth-order valence-corrected chi connectivity index (χ4v) is 2.06. The summed E-state index contributed by atoms with van der Waals surface area (Å²) in [7, 11) is 0. The van der Waals surface area contributed by atoms with Gasteiger partial charge in [-0.2, -0.15) is 0 Å². The Bertz CT molecular complexity index is 549. The molecule has 0 unspecified atom stereocenters. The highest BCUT2D eigenvalue weighted by Gasteiger charge is 2.05. The number of rotatable bonds is 3. The number of nitrogens with one attached hydrogen (secondary N) is 1. The zero-order valence-electron chi connectivity index (χ0n) is 10.1. The van der Waals surface area contributed by atoms with Gasteiger partial charge < -0.3 is 5.32 Å². The lowest BCUT2D eigenvalue weighted by Gasteiger charge is -2.06. The summed E-state index contributed by atoms with van der Waals surface area (Å²) >= 11 is 3.35. The lowest BCUT2D eigenvalue weighted by molar-refractivity contribution is 0.102. The Hall–Kier alpha value is -1.61. The second-order valence-electron chi connectivity index (χ2n) is 4.01. The number of carbonyl (C=O) groups excluding carboxylic acids is 1. The van der Waals surface area contributed by atoms with Crippen LogP contribution in [0, 0.1) is 0 Å². The predicted octanol–water partition coefficient (Wildman–Crippen LogP) is 4.26. The van der Waals surface area contributed by atoms with Crippen LogP contribution in [0.5, 0.6) is 0 Å². The monoisotopic (exact) mass is 303 g/mol. The van der Waals surface area contributed by atoms with Gasteiger partial charge >= 0.3 is 0 Å². The lowest BCUT2D eigenvalue weighted by atomic mass is 10.1. The summed E-state index contributed by atoms with van der Waals surface area (Å²) in [6, 6.07) is 15.2. The minimum Gasteiger partial charge on any atom is -0.322 e. The zero-order valence-corrected chi connectivity index (χ0v) is 11.7. The highest BCUT2D eigenvalue weighted by molar-refractivity contribution is 9.10. The van der Waals surface area contributed by atoms with Crippen molar-refractivity contribution in [3.8, 4) is 0 Å². The molecule has 1 amide bonds. The Morgan fingerprint density at radius 3 is 2.50 bits per heavy atom. The third-order valence-electron chi connectivity index (χ3n) is 2.71. The van der Waals surface area contributed by atoms with Crippen LogP contribution in [0.4, 0.5) is 5.69 Å². The Labute approximate surface area is 115 Å². The van der Waals surface area contributed by atoms with Gasteiger partial charge in [-0.15, -0.1) is 0 Å². The van der Waals surface area contributed by atoms with E-state index in [2.05, 4.69) is 28.2 Å². The third-order valence-corrected chi connectivity index (χ3v) is 3.20. The third kappa shape index (κ3) is 3.20. The van der Waals surface area contributed by atoms with Crippen molar-refractivity contribution in [3.63, 3.8) is 0 Å². The molecule has 0 aromatic heterocycles. The predicted molar refractivity (Wildman–Crippen MR) is 77.9 cm³/mol. The summed E-state index contributed by atoms with van der Waals surface area (Å²) < 4.78 is 0.900. The molecule has 18 heavy (non-hydrogen) atoms. The number of hydrogen-bond donors (Lipinski definition) is 1. The van der Waals surface area contributed by atoms with E-state index in [1.54, 1.807) is 12.1 Å². The van der Waals surface area contributed by atoms with Crippen molar-refractivity contribution in [1.29, 1.82) is 0 Å². The number of anilines is 1. The first kappa shape index (κ1) is 12.8. The second-order valence-corrected chi connectivity index (χ2v) is 4.93. The Morgan fingerprint density at radius 2 is 1.89 bits per heavy atom. The first-order valence-electron chi connectivity index (χ1n) is 5.85. The van der Waals surface area contributed by atoms with E-state index in [0.717, 1.165) is 16.6 Å². The molecule has 92 valence electrons. The largest absolute Gasteiger partial charge is 0.322 e. The molecular weight excluding hydrogens is 290 g/mol. The van der Waals surface area contributed by atoms with Gasteiger partial charge in [0.25, 0.3) is 5.91 Å². The van der Waals surface area contributed by atoms with E-state index < -0.39 is 0 Å². The summed E-state index contributed by atoms with van der Waals surface area (Å²) in [5.41, 5.74) is 2.72. The maximum atomic E-state index is 12.0. The molecule has 3 heteroatoms. The van der Waals surface area contributed by atoms with Gasteiger partial charge in [0.2, 0.25) is 0 Å². The minimum atomic E-state index is -0.0967. The molecule has 0 bridgehead atoms. The van der Waals surface area contributed by atoms with Crippen LogP contribution in [0.3, 0.4) is 0 Å². The van der Waals surface area contributed by atoms with Crippen molar-refractivity contribution < 1.29 is 4.79 Å². The van der Waals surface area contributed by atoms with Gasteiger partial charge in [-0.25, -0.2) is 0 Å².